The van der Waals surface area contributed by atoms with E-state index in [-0.39, 0.29) is 5.82 Å². The first-order valence-electron chi connectivity index (χ1n) is 8.76. The van der Waals surface area contributed by atoms with Gasteiger partial charge in [-0.1, -0.05) is 0 Å². The van der Waals surface area contributed by atoms with Gasteiger partial charge in [-0.3, -0.25) is 4.90 Å². The summed E-state index contributed by atoms with van der Waals surface area (Å²) in [5.74, 6) is 0.659. The fourth-order valence-corrected chi connectivity index (χ4v) is 3.31. The van der Waals surface area contributed by atoms with Crippen molar-refractivity contribution in [3.05, 3.63) is 35.6 Å². The Balaban J connectivity index is 1.57. The number of pyridine rings is 1. The lowest BCUT2D eigenvalue weighted by molar-refractivity contribution is 0.116. The van der Waals surface area contributed by atoms with Crippen molar-refractivity contribution in [1.29, 1.82) is 0 Å². The molecule has 2 aromatic rings. The number of aryl methyl sites for hydroxylation is 1. The molecule has 0 saturated carbocycles. The monoisotopic (exact) mass is 330 g/mol. The summed E-state index contributed by atoms with van der Waals surface area (Å²) >= 11 is 0. The highest BCUT2D eigenvalue weighted by atomic mass is 19.1. The van der Waals surface area contributed by atoms with Crippen molar-refractivity contribution in [2.75, 3.05) is 45.1 Å². The van der Waals surface area contributed by atoms with Gasteiger partial charge in [0, 0.05) is 44.2 Å². The topological polar surface area (TPSA) is 31.4 Å². The van der Waals surface area contributed by atoms with Crippen LogP contribution in [0.4, 0.5) is 10.2 Å². The maximum Gasteiger partial charge on any atom is 0.126 e. The smallest absolute Gasteiger partial charge is 0.126 e. The molecule has 1 aromatic carbocycles. The van der Waals surface area contributed by atoms with Gasteiger partial charge in [0.25, 0.3) is 0 Å². The first-order valence-corrected chi connectivity index (χ1v) is 8.76. The molecular weight excluding hydrogens is 303 g/mol. The number of fused-ring (bicyclic) bond motifs is 1. The fraction of sp³-hybridized carbons (Fsp3) is 0.526. The molecule has 1 aliphatic heterocycles. The minimum absolute atomic E-state index is 0.214. The van der Waals surface area contributed by atoms with Crippen LogP contribution >= 0.6 is 0 Å². The number of hydrogen-bond acceptors (Lipinski definition) is 4. The molecule has 1 atom stereocenters. The minimum Gasteiger partial charge on any atom is -0.370 e. The highest BCUT2D eigenvalue weighted by molar-refractivity contribution is 5.83. The number of rotatable bonds is 5. The number of anilines is 1. The molecule has 0 bridgehead atoms. The molecule has 0 unspecified atom stereocenters. The van der Waals surface area contributed by atoms with E-state index < -0.39 is 0 Å². The normalized spacial score (nSPS) is 18.0. The molecule has 1 N–H and O–H groups in total. The molecule has 1 saturated heterocycles. The van der Waals surface area contributed by atoms with E-state index in [1.807, 2.05) is 13.0 Å². The second kappa shape index (κ2) is 7.45. The van der Waals surface area contributed by atoms with Crippen LogP contribution in [0.15, 0.2) is 24.3 Å². The Kier molecular flexibility index (Phi) is 5.31. The molecule has 0 amide bonds. The number of hydrogen-bond donors (Lipinski definition) is 1. The first-order chi connectivity index (χ1) is 11.5. The van der Waals surface area contributed by atoms with E-state index >= 15 is 0 Å². The highest BCUT2D eigenvalue weighted by Crippen LogP contribution is 2.21. The van der Waals surface area contributed by atoms with Crippen molar-refractivity contribution in [2.45, 2.75) is 26.3 Å². The van der Waals surface area contributed by atoms with Gasteiger partial charge in [-0.2, -0.15) is 0 Å². The van der Waals surface area contributed by atoms with Gasteiger partial charge in [0.05, 0.1) is 5.52 Å². The lowest BCUT2D eigenvalue weighted by atomic mass is 10.1. The summed E-state index contributed by atoms with van der Waals surface area (Å²) in [5, 5.41) is 4.31. The van der Waals surface area contributed by atoms with E-state index in [0.717, 1.165) is 61.4 Å². The number of benzene rings is 1. The summed E-state index contributed by atoms with van der Waals surface area (Å²) in [6.07, 6.45) is 1.09. The summed E-state index contributed by atoms with van der Waals surface area (Å²) in [4.78, 5) is 9.54. The van der Waals surface area contributed by atoms with Crippen molar-refractivity contribution in [3.8, 4) is 0 Å². The second-order valence-electron chi connectivity index (χ2n) is 6.89. The maximum absolute atomic E-state index is 13.4. The summed E-state index contributed by atoms with van der Waals surface area (Å²) in [5.41, 5.74) is 1.89. The van der Waals surface area contributed by atoms with Gasteiger partial charge in [-0.15, -0.1) is 0 Å². The lowest BCUT2D eigenvalue weighted by Crippen LogP contribution is -2.48. The number of halogens is 1. The predicted molar refractivity (Wildman–Crippen MR) is 98.1 cm³/mol. The predicted octanol–water partition coefficient (Wildman–Crippen LogP) is 3.12. The maximum atomic E-state index is 13.4. The zero-order valence-electron chi connectivity index (χ0n) is 14.8. The molecule has 1 fully saturated rings. The van der Waals surface area contributed by atoms with Crippen molar-refractivity contribution in [1.82, 2.24) is 14.8 Å². The number of aromatic nitrogens is 1. The van der Waals surface area contributed by atoms with Gasteiger partial charge in [-0.25, -0.2) is 9.37 Å². The molecule has 130 valence electrons. The average molecular weight is 330 g/mol. The molecule has 2 heterocycles. The van der Waals surface area contributed by atoms with Crippen LogP contribution in [-0.4, -0.2) is 60.6 Å². The van der Waals surface area contributed by atoms with Gasteiger partial charge in [0.1, 0.15) is 11.6 Å². The van der Waals surface area contributed by atoms with Crippen LogP contribution in [0.25, 0.3) is 10.9 Å². The van der Waals surface area contributed by atoms with Gasteiger partial charge < -0.3 is 10.2 Å². The number of nitrogens with zero attached hydrogens (tertiary/aromatic N) is 3. The summed E-state index contributed by atoms with van der Waals surface area (Å²) in [6, 6.07) is 7.34. The van der Waals surface area contributed by atoms with E-state index in [4.69, 9.17) is 0 Å². The quantitative estimate of drug-likeness (QED) is 0.913. The molecule has 24 heavy (non-hydrogen) atoms. The zero-order valence-corrected chi connectivity index (χ0v) is 14.8. The van der Waals surface area contributed by atoms with Gasteiger partial charge in [-0.05, 0) is 57.1 Å². The van der Waals surface area contributed by atoms with Crippen molar-refractivity contribution >= 4 is 16.7 Å². The molecule has 0 aliphatic carbocycles. The van der Waals surface area contributed by atoms with Crippen LogP contribution in [0.5, 0.6) is 0 Å². The number of nitrogens with one attached hydrogen (secondary N) is 1. The van der Waals surface area contributed by atoms with Crippen molar-refractivity contribution in [2.24, 2.45) is 0 Å². The summed E-state index contributed by atoms with van der Waals surface area (Å²) in [6.45, 7) is 9.80. The lowest BCUT2D eigenvalue weighted by Gasteiger charge is -2.36. The van der Waals surface area contributed by atoms with Gasteiger partial charge in [0.2, 0.25) is 0 Å². The summed E-state index contributed by atoms with van der Waals surface area (Å²) in [7, 11) is 2.18. The standard InChI is InChI=1S/C19H27FN4/c1-14-12-19(22-18-5-4-16(20)13-17(14)18)21-7-6-15(2)24-10-8-23(3)9-11-24/h4-5,12-13,15H,6-11H2,1-3H3,(H,21,22)/t15-/m0/s1. The third-order valence-electron chi connectivity index (χ3n) is 5.01. The Labute approximate surface area is 143 Å². The molecule has 1 aromatic heterocycles. The average Bonchev–Trinajstić information content (AvgIpc) is 2.56. The van der Waals surface area contributed by atoms with E-state index in [1.165, 1.54) is 6.07 Å². The Bertz CT molecular complexity index is 695. The van der Waals surface area contributed by atoms with Crippen molar-refractivity contribution < 1.29 is 4.39 Å². The Morgan fingerprint density at radius 2 is 1.96 bits per heavy atom. The van der Waals surface area contributed by atoms with Crippen LogP contribution in [0.1, 0.15) is 18.9 Å². The zero-order chi connectivity index (χ0) is 17.1. The minimum atomic E-state index is -0.214. The van der Waals surface area contributed by atoms with E-state index in [1.54, 1.807) is 12.1 Å². The molecule has 4 nitrogen and oxygen atoms in total. The Hall–Kier alpha value is -1.72. The third-order valence-corrected chi connectivity index (χ3v) is 5.01. The summed E-state index contributed by atoms with van der Waals surface area (Å²) < 4.78 is 13.4. The molecular formula is C19H27FN4. The van der Waals surface area contributed by atoms with E-state index in [9.17, 15) is 4.39 Å². The molecule has 5 heteroatoms. The van der Waals surface area contributed by atoms with Crippen LogP contribution < -0.4 is 5.32 Å². The van der Waals surface area contributed by atoms with Gasteiger partial charge in [0.15, 0.2) is 0 Å². The molecule has 1 aliphatic rings. The third kappa shape index (κ3) is 4.02. The molecule has 3 rings (SSSR count). The number of piperazine rings is 1. The first kappa shape index (κ1) is 17.1. The molecule has 0 radical (unpaired) electrons. The Morgan fingerprint density at radius 1 is 1.21 bits per heavy atom. The van der Waals surface area contributed by atoms with E-state index in [2.05, 4.69) is 34.1 Å². The highest BCUT2D eigenvalue weighted by Gasteiger charge is 2.18. The van der Waals surface area contributed by atoms with Crippen LogP contribution in [0, 0.1) is 12.7 Å². The Morgan fingerprint density at radius 3 is 2.71 bits per heavy atom. The van der Waals surface area contributed by atoms with Crippen LogP contribution in [0.2, 0.25) is 0 Å². The van der Waals surface area contributed by atoms with Crippen LogP contribution in [-0.2, 0) is 0 Å². The van der Waals surface area contributed by atoms with Gasteiger partial charge >= 0.3 is 0 Å². The van der Waals surface area contributed by atoms with Crippen molar-refractivity contribution in [3.63, 3.8) is 0 Å². The van der Waals surface area contributed by atoms with E-state index in [0.29, 0.717) is 6.04 Å². The largest absolute Gasteiger partial charge is 0.370 e. The molecule has 0 spiro atoms. The number of likely N-dealkylation sites (N-methyl/N-ethyl adjacent to an activating group) is 1. The fourth-order valence-electron chi connectivity index (χ4n) is 3.31. The second-order valence-corrected chi connectivity index (χ2v) is 6.89. The van der Waals surface area contributed by atoms with Crippen LogP contribution in [0.3, 0.4) is 0 Å². The SMILES string of the molecule is Cc1cc(NCC[C@H](C)N2CCN(C)CC2)nc2ccc(F)cc12.